The minimum atomic E-state index is -0.812. The zero-order valence-corrected chi connectivity index (χ0v) is 17.4. The molecule has 0 atom stereocenters. The summed E-state index contributed by atoms with van der Waals surface area (Å²) in [6, 6.07) is 5.31. The van der Waals surface area contributed by atoms with Gasteiger partial charge in [0.1, 0.15) is 5.75 Å². The molecule has 2 heterocycles. The maximum Gasteiger partial charge on any atom is 0.303 e. The fraction of sp³-hybridized carbons (Fsp3) is 0.300. The van der Waals surface area contributed by atoms with E-state index in [2.05, 4.69) is 4.99 Å². The van der Waals surface area contributed by atoms with E-state index in [1.807, 2.05) is 6.07 Å². The first-order chi connectivity index (χ1) is 13.9. The summed E-state index contributed by atoms with van der Waals surface area (Å²) in [5, 5.41) is 20.5. The number of carbonyl (C=O) groups is 2. The molecule has 1 aromatic carbocycles. The molecule has 0 radical (unpaired) electrons. The molecule has 1 aliphatic rings. The van der Waals surface area contributed by atoms with Gasteiger partial charge in [0, 0.05) is 29.8 Å². The van der Waals surface area contributed by atoms with Gasteiger partial charge >= 0.3 is 5.97 Å². The lowest BCUT2D eigenvalue weighted by Crippen LogP contribution is -2.30. The van der Waals surface area contributed by atoms with Gasteiger partial charge in [0.2, 0.25) is 5.88 Å². The number of nitrogens with zero attached hydrogens (tertiary/aromatic N) is 2. The summed E-state index contributed by atoms with van der Waals surface area (Å²) in [6.45, 7) is 0.495. The number of aromatic nitrogens is 1. The second kappa shape index (κ2) is 9.15. The highest BCUT2D eigenvalue weighted by atomic mass is 32.1. The molecule has 1 amide bonds. The van der Waals surface area contributed by atoms with Gasteiger partial charge in [0.05, 0.1) is 17.3 Å². The van der Waals surface area contributed by atoms with E-state index in [4.69, 9.17) is 22.1 Å². The molecule has 3 rings (SSSR count). The van der Waals surface area contributed by atoms with Gasteiger partial charge in [0.15, 0.2) is 3.95 Å². The molecule has 0 saturated heterocycles. The van der Waals surface area contributed by atoms with Crippen LogP contribution in [0.4, 0.5) is 0 Å². The van der Waals surface area contributed by atoms with Crippen LogP contribution in [0.2, 0.25) is 0 Å². The van der Waals surface area contributed by atoms with E-state index >= 15 is 0 Å². The molecule has 9 heteroatoms. The van der Waals surface area contributed by atoms with Crippen molar-refractivity contribution in [2.24, 2.45) is 4.99 Å². The highest BCUT2D eigenvalue weighted by molar-refractivity contribution is 7.73. The number of unbranched alkanes of at least 4 members (excludes halogenated alkanes) is 2. The number of rotatable bonds is 8. The first kappa shape index (κ1) is 20.9. The highest BCUT2D eigenvalue weighted by Crippen LogP contribution is 2.29. The van der Waals surface area contributed by atoms with E-state index in [0.29, 0.717) is 44.9 Å². The molecule has 0 saturated carbocycles. The van der Waals surface area contributed by atoms with Crippen molar-refractivity contribution in [1.82, 2.24) is 4.57 Å². The lowest BCUT2D eigenvalue weighted by molar-refractivity contribution is -0.137. The Balaban J connectivity index is 1.81. The predicted octanol–water partition coefficient (Wildman–Crippen LogP) is 2.66. The maximum absolute atomic E-state index is 12.4. The van der Waals surface area contributed by atoms with Crippen molar-refractivity contribution >= 4 is 47.6 Å². The predicted molar refractivity (Wildman–Crippen MR) is 112 cm³/mol. The average molecular weight is 433 g/mol. The molecule has 2 N–H and O–H groups in total. The minimum absolute atomic E-state index is 0.00691. The summed E-state index contributed by atoms with van der Waals surface area (Å²) in [5.74, 6) is -0.581. The van der Waals surface area contributed by atoms with Crippen LogP contribution in [0.15, 0.2) is 28.8 Å². The molecular weight excluding hydrogens is 412 g/mol. The molecular formula is C20H20N2O5S2. The Morgan fingerprint density at radius 3 is 2.86 bits per heavy atom. The van der Waals surface area contributed by atoms with Crippen molar-refractivity contribution in [2.45, 2.75) is 32.2 Å². The average Bonchev–Trinajstić information content (AvgIpc) is 2.94. The van der Waals surface area contributed by atoms with Crippen LogP contribution in [-0.4, -0.2) is 33.8 Å². The van der Waals surface area contributed by atoms with Gasteiger partial charge in [-0.15, -0.1) is 11.3 Å². The Labute approximate surface area is 175 Å². The van der Waals surface area contributed by atoms with Crippen LogP contribution in [0, 0.1) is 3.95 Å². The maximum atomic E-state index is 12.4. The molecule has 1 aliphatic heterocycles. The van der Waals surface area contributed by atoms with Gasteiger partial charge in [-0.2, -0.15) is 0 Å². The van der Waals surface area contributed by atoms with Crippen LogP contribution in [0.5, 0.6) is 11.6 Å². The highest BCUT2D eigenvalue weighted by Gasteiger charge is 2.15. The van der Waals surface area contributed by atoms with Gasteiger partial charge in [-0.25, -0.2) is 4.99 Å². The van der Waals surface area contributed by atoms with Crippen LogP contribution in [0.1, 0.15) is 30.6 Å². The Morgan fingerprint density at radius 2 is 2.14 bits per heavy atom. The zero-order chi connectivity index (χ0) is 21.0. The largest absolute Gasteiger partial charge is 0.497 e. The van der Waals surface area contributed by atoms with Crippen molar-refractivity contribution in [3.63, 3.8) is 0 Å². The Hall–Kier alpha value is -2.78. The second-order valence-electron chi connectivity index (χ2n) is 6.50. The van der Waals surface area contributed by atoms with E-state index < -0.39 is 11.9 Å². The molecule has 0 unspecified atom stereocenters. The normalized spacial score (nSPS) is 14.2. The smallest absolute Gasteiger partial charge is 0.303 e. The lowest BCUT2D eigenvalue weighted by Gasteiger charge is -2.06. The standard InChI is InChI=1S/C20H20N2O5S2/c1-27-14-7-6-12-9-13(18(25)21-15(12)11-14)10-16-19(26)22(20(28)29-16)8-4-2-3-5-17(23)24/h6-7,9-11,26H,2-5,8H2,1H3,(H,23,24). The SMILES string of the molecule is COc1ccc2c(c1)=NC(=O)C(=Cc1sc(=S)n(CCCCCC(=O)O)c1O)C=2. The molecule has 0 spiro atoms. The molecule has 2 aromatic rings. The summed E-state index contributed by atoms with van der Waals surface area (Å²) in [6.07, 6.45) is 5.47. The third kappa shape index (κ3) is 4.99. The number of aromatic hydroxyl groups is 1. The number of aliphatic carboxylic acids is 1. The number of benzene rings is 1. The number of amides is 1. The molecule has 152 valence electrons. The number of hydrogen-bond acceptors (Lipinski definition) is 6. The number of carboxylic acid groups (broad SMARTS) is 1. The lowest BCUT2D eigenvalue weighted by atomic mass is 10.1. The van der Waals surface area contributed by atoms with E-state index in [-0.39, 0.29) is 12.3 Å². The second-order valence-corrected chi connectivity index (χ2v) is 8.17. The molecule has 29 heavy (non-hydrogen) atoms. The van der Waals surface area contributed by atoms with Crippen molar-refractivity contribution < 1.29 is 24.5 Å². The minimum Gasteiger partial charge on any atom is -0.497 e. The first-order valence-corrected chi connectivity index (χ1v) is 10.3. The van der Waals surface area contributed by atoms with E-state index in [9.17, 15) is 14.7 Å². The number of carboxylic acids is 1. The number of hydrogen-bond donors (Lipinski definition) is 2. The van der Waals surface area contributed by atoms with Gasteiger partial charge in [-0.05, 0) is 49.3 Å². The number of fused-ring (bicyclic) bond motifs is 1. The Kier molecular flexibility index (Phi) is 6.60. The van der Waals surface area contributed by atoms with Crippen LogP contribution in [0.25, 0.3) is 12.2 Å². The van der Waals surface area contributed by atoms with Crippen molar-refractivity contribution in [1.29, 1.82) is 0 Å². The van der Waals surface area contributed by atoms with Gasteiger partial charge < -0.3 is 14.9 Å². The third-order valence-corrected chi connectivity index (χ3v) is 5.86. The van der Waals surface area contributed by atoms with Crippen LogP contribution in [0.3, 0.4) is 0 Å². The van der Waals surface area contributed by atoms with Crippen LogP contribution in [-0.2, 0) is 16.1 Å². The summed E-state index contributed by atoms with van der Waals surface area (Å²) >= 11 is 6.55. The summed E-state index contributed by atoms with van der Waals surface area (Å²) in [5.41, 5.74) is 0.364. The molecule has 1 aromatic heterocycles. The number of ether oxygens (including phenoxy) is 1. The number of methoxy groups -OCH3 is 1. The van der Waals surface area contributed by atoms with Gasteiger partial charge in [-0.1, -0.05) is 6.42 Å². The summed E-state index contributed by atoms with van der Waals surface area (Å²) in [7, 11) is 1.55. The fourth-order valence-corrected chi connectivity index (χ4v) is 4.26. The van der Waals surface area contributed by atoms with Gasteiger partial charge in [0.25, 0.3) is 5.91 Å². The van der Waals surface area contributed by atoms with E-state index in [1.54, 1.807) is 36.0 Å². The first-order valence-electron chi connectivity index (χ1n) is 9.04. The third-order valence-electron chi connectivity index (χ3n) is 4.47. The van der Waals surface area contributed by atoms with Crippen LogP contribution >= 0.6 is 23.6 Å². The fourth-order valence-electron chi connectivity index (χ4n) is 2.95. The number of thiazole rings is 1. The van der Waals surface area contributed by atoms with Gasteiger partial charge in [-0.3, -0.25) is 14.2 Å². The Bertz CT molecular complexity index is 1160. The summed E-state index contributed by atoms with van der Waals surface area (Å²) in [4.78, 5) is 27.5. The quantitative estimate of drug-likeness (QED) is 0.378. The monoisotopic (exact) mass is 432 g/mol. The zero-order valence-electron chi connectivity index (χ0n) is 15.8. The summed E-state index contributed by atoms with van der Waals surface area (Å²) < 4.78 is 7.26. The van der Waals surface area contributed by atoms with Crippen molar-refractivity contribution in [3.8, 4) is 11.6 Å². The van der Waals surface area contributed by atoms with Crippen LogP contribution < -0.4 is 15.3 Å². The molecule has 0 bridgehead atoms. The number of carbonyl (C=O) groups excluding carboxylic acids is 1. The van der Waals surface area contributed by atoms with Crippen molar-refractivity contribution in [3.05, 3.63) is 43.2 Å². The molecule has 0 aliphatic carbocycles. The molecule has 7 nitrogen and oxygen atoms in total. The van der Waals surface area contributed by atoms with E-state index in [0.717, 1.165) is 11.6 Å². The van der Waals surface area contributed by atoms with Crippen molar-refractivity contribution in [2.75, 3.05) is 7.11 Å². The molecule has 0 fully saturated rings. The van der Waals surface area contributed by atoms with E-state index in [1.165, 1.54) is 11.3 Å². The topological polar surface area (TPSA) is 101 Å². The Morgan fingerprint density at radius 1 is 1.34 bits per heavy atom.